The highest BCUT2D eigenvalue weighted by molar-refractivity contribution is 5.91. The van der Waals surface area contributed by atoms with Crippen LogP contribution in [-0.2, 0) is 23.7 Å². The van der Waals surface area contributed by atoms with Crippen molar-refractivity contribution in [1.82, 2.24) is 0 Å². The van der Waals surface area contributed by atoms with Gasteiger partial charge in [-0.05, 0) is 36.4 Å². The fraction of sp³-hybridized carbons (Fsp3) is 0.250. The zero-order valence-corrected chi connectivity index (χ0v) is 20.2. The van der Waals surface area contributed by atoms with Gasteiger partial charge in [-0.1, -0.05) is 54.6 Å². The number of carbonyl (C=O) groups is 3. The highest BCUT2D eigenvalue weighted by atomic mass is 19.3. The molecule has 38 heavy (non-hydrogen) atoms. The number of carbonyl (C=O) groups excluding carboxylic acids is 3. The first kappa shape index (κ1) is 26.9. The molecule has 1 aliphatic heterocycles. The fourth-order valence-corrected chi connectivity index (χ4v) is 4.04. The molecule has 0 N–H and O–H groups in total. The van der Waals surface area contributed by atoms with Gasteiger partial charge >= 0.3 is 17.9 Å². The molecule has 1 aliphatic rings. The van der Waals surface area contributed by atoms with E-state index >= 15 is 0 Å². The van der Waals surface area contributed by atoms with Gasteiger partial charge in [-0.3, -0.25) is 0 Å². The van der Waals surface area contributed by atoms with E-state index < -0.39 is 55.0 Å². The number of hydrogen-bond acceptors (Lipinski definition) is 8. The molecule has 3 aromatic rings. The van der Waals surface area contributed by atoms with Gasteiger partial charge in [0.1, 0.15) is 12.7 Å². The summed E-state index contributed by atoms with van der Waals surface area (Å²) in [5.41, 5.74) is -2.63. The van der Waals surface area contributed by atoms with E-state index in [9.17, 15) is 23.2 Å². The summed E-state index contributed by atoms with van der Waals surface area (Å²) in [6, 6.07) is 23.1. The van der Waals surface area contributed by atoms with Gasteiger partial charge in [-0.25, -0.2) is 23.2 Å². The lowest BCUT2D eigenvalue weighted by molar-refractivity contribution is -0.236. The first-order chi connectivity index (χ1) is 18.4. The number of alkyl halides is 2. The monoisotopic (exact) mass is 526 g/mol. The number of methoxy groups -OCH3 is 1. The van der Waals surface area contributed by atoms with Gasteiger partial charge in [-0.15, -0.1) is 0 Å². The Morgan fingerprint density at radius 3 is 1.74 bits per heavy atom. The van der Waals surface area contributed by atoms with Crippen molar-refractivity contribution in [3.63, 3.8) is 0 Å². The molecular weight excluding hydrogens is 502 g/mol. The zero-order chi connectivity index (χ0) is 27.1. The molecule has 0 spiro atoms. The standard InChI is InChI=1S/C28H24F2O8/c1-34-27-28(26(29)30,38-25(33)20-15-9-4-10-16-20)22(37-24(32)19-13-7-3-8-14-19)21(36-27)17-35-23(31)18-11-5-2-6-12-18/h2-16,21-22,26-27H,17H2,1H3/t21-,22-,27-,28-/m1/s1. The Morgan fingerprint density at radius 1 is 0.789 bits per heavy atom. The van der Waals surface area contributed by atoms with Crippen LogP contribution in [0.25, 0.3) is 0 Å². The van der Waals surface area contributed by atoms with Gasteiger partial charge in [0.05, 0.1) is 16.7 Å². The van der Waals surface area contributed by atoms with Crippen LogP contribution in [-0.4, -0.2) is 62.1 Å². The number of halogens is 2. The minimum Gasteiger partial charge on any atom is -0.459 e. The minimum atomic E-state index is -3.43. The topological polar surface area (TPSA) is 97.4 Å². The molecule has 1 fully saturated rings. The normalized spacial score (nSPS) is 22.6. The maximum Gasteiger partial charge on any atom is 0.339 e. The molecule has 4 rings (SSSR count). The molecule has 0 bridgehead atoms. The van der Waals surface area contributed by atoms with Crippen LogP contribution in [0.1, 0.15) is 31.1 Å². The average molecular weight is 526 g/mol. The summed E-state index contributed by atoms with van der Waals surface area (Å²) >= 11 is 0. The van der Waals surface area contributed by atoms with Crippen molar-refractivity contribution in [1.29, 1.82) is 0 Å². The smallest absolute Gasteiger partial charge is 0.339 e. The van der Waals surface area contributed by atoms with E-state index in [1.54, 1.807) is 42.5 Å². The lowest BCUT2D eigenvalue weighted by Crippen LogP contribution is -2.59. The van der Waals surface area contributed by atoms with Crippen LogP contribution in [0.4, 0.5) is 8.78 Å². The molecule has 0 saturated carbocycles. The number of rotatable bonds is 9. The van der Waals surface area contributed by atoms with E-state index in [2.05, 4.69) is 0 Å². The number of benzene rings is 3. The molecule has 1 saturated heterocycles. The average Bonchev–Trinajstić information content (AvgIpc) is 3.25. The SMILES string of the molecule is CO[C@@H]1O[C@H](COC(=O)c2ccccc2)[C@@H](OC(=O)c2ccccc2)[C@@]1(OC(=O)c1ccccc1)C(F)F. The molecule has 1 heterocycles. The molecule has 0 aromatic heterocycles. The van der Waals surface area contributed by atoms with E-state index in [0.29, 0.717) is 0 Å². The van der Waals surface area contributed by atoms with Gasteiger partial charge in [0, 0.05) is 7.11 Å². The highest BCUT2D eigenvalue weighted by Gasteiger charge is 2.68. The van der Waals surface area contributed by atoms with E-state index in [-0.39, 0.29) is 16.7 Å². The number of esters is 3. The molecule has 4 atom stereocenters. The van der Waals surface area contributed by atoms with Crippen LogP contribution >= 0.6 is 0 Å². The van der Waals surface area contributed by atoms with Crippen LogP contribution < -0.4 is 0 Å². The minimum absolute atomic E-state index is 0.0190. The van der Waals surface area contributed by atoms with E-state index in [0.717, 1.165) is 7.11 Å². The second-order valence-corrected chi connectivity index (χ2v) is 8.31. The van der Waals surface area contributed by atoms with Crippen molar-refractivity contribution < 1.29 is 46.8 Å². The molecular formula is C28H24F2O8. The summed E-state index contributed by atoms with van der Waals surface area (Å²) in [7, 11) is 1.08. The van der Waals surface area contributed by atoms with Gasteiger partial charge in [-0.2, -0.15) is 0 Å². The Balaban J connectivity index is 1.68. The van der Waals surface area contributed by atoms with Gasteiger partial charge in [0.25, 0.3) is 12.0 Å². The van der Waals surface area contributed by atoms with Crippen molar-refractivity contribution in [2.45, 2.75) is 30.5 Å². The van der Waals surface area contributed by atoms with Crippen molar-refractivity contribution in [3.05, 3.63) is 108 Å². The second kappa shape index (κ2) is 11.9. The van der Waals surface area contributed by atoms with E-state index in [4.69, 9.17) is 23.7 Å². The molecule has 8 nitrogen and oxygen atoms in total. The predicted molar refractivity (Wildman–Crippen MR) is 129 cm³/mol. The third-order valence-electron chi connectivity index (χ3n) is 5.91. The Hall–Kier alpha value is -4.15. The van der Waals surface area contributed by atoms with Crippen molar-refractivity contribution in [2.24, 2.45) is 0 Å². The summed E-state index contributed by atoms with van der Waals surface area (Å²) < 4.78 is 56.8. The summed E-state index contributed by atoms with van der Waals surface area (Å²) in [5, 5.41) is 0. The lowest BCUT2D eigenvalue weighted by Gasteiger charge is -2.35. The van der Waals surface area contributed by atoms with E-state index in [1.165, 1.54) is 48.5 Å². The second-order valence-electron chi connectivity index (χ2n) is 8.31. The van der Waals surface area contributed by atoms with Gasteiger partial charge in [0.15, 0.2) is 6.10 Å². The summed E-state index contributed by atoms with van der Waals surface area (Å²) in [4.78, 5) is 38.4. The maximum absolute atomic E-state index is 14.9. The van der Waals surface area contributed by atoms with E-state index in [1.807, 2.05) is 0 Å². The number of ether oxygens (including phenoxy) is 5. The molecule has 0 aliphatic carbocycles. The first-order valence-electron chi connectivity index (χ1n) is 11.6. The Kier molecular flexibility index (Phi) is 8.45. The third kappa shape index (κ3) is 5.56. The van der Waals surface area contributed by atoms with Crippen molar-refractivity contribution >= 4 is 17.9 Å². The largest absolute Gasteiger partial charge is 0.459 e. The Labute approximate surface area is 217 Å². The first-order valence-corrected chi connectivity index (χ1v) is 11.6. The number of hydrogen-bond donors (Lipinski definition) is 0. The highest BCUT2D eigenvalue weighted by Crippen LogP contribution is 2.43. The van der Waals surface area contributed by atoms with Gasteiger partial charge in [0.2, 0.25) is 6.29 Å². The summed E-state index contributed by atoms with van der Waals surface area (Å²) in [5.74, 6) is -2.84. The van der Waals surface area contributed by atoms with Crippen LogP contribution in [0.5, 0.6) is 0 Å². The third-order valence-corrected chi connectivity index (χ3v) is 5.91. The quantitative estimate of drug-likeness (QED) is 0.301. The Bertz CT molecular complexity index is 1240. The predicted octanol–water partition coefficient (Wildman–Crippen LogP) is 4.30. The van der Waals surface area contributed by atoms with Crippen molar-refractivity contribution in [3.8, 4) is 0 Å². The Morgan fingerprint density at radius 2 is 1.26 bits per heavy atom. The lowest BCUT2D eigenvalue weighted by atomic mass is 9.94. The molecule has 0 amide bonds. The fourth-order valence-electron chi connectivity index (χ4n) is 4.04. The molecule has 0 radical (unpaired) electrons. The van der Waals surface area contributed by atoms with Crippen LogP contribution in [0.2, 0.25) is 0 Å². The van der Waals surface area contributed by atoms with Crippen LogP contribution in [0.3, 0.4) is 0 Å². The zero-order valence-electron chi connectivity index (χ0n) is 20.2. The summed E-state index contributed by atoms with van der Waals surface area (Å²) in [6.45, 7) is -0.600. The maximum atomic E-state index is 14.9. The molecule has 198 valence electrons. The molecule has 0 unspecified atom stereocenters. The van der Waals surface area contributed by atoms with Crippen molar-refractivity contribution in [2.75, 3.05) is 13.7 Å². The molecule has 10 heteroatoms. The van der Waals surface area contributed by atoms with Crippen LogP contribution in [0, 0.1) is 0 Å². The van der Waals surface area contributed by atoms with Crippen LogP contribution in [0.15, 0.2) is 91.0 Å². The van der Waals surface area contributed by atoms with Gasteiger partial charge < -0.3 is 23.7 Å². The molecule has 3 aromatic carbocycles. The summed E-state index contributed by atoms with van der Waals surface area (Å²) in [6.07, 6.45) is -8.65.